The van der Waals surface area contributed by atoms with Crippen molar-refractivity contribution >= 4 is 23.0 Å². The molecule has 0 radical (unpaired) electrons. The normalized spacial score (nSPS) is 11.2. The summed E-state index contributed by atoms with van der Waals surface area (Å²) in [6, 6.07) is 6.59. The van der Waals surface area contributed by atoms with Gasteiger partial charge in [0.15, 0.2) is 5.11 Å². The maximum Gasteiger partial charge on any atom is 0.170 e. The Hall–Kier alpha value is -1.09. The van der Waals surface area contributed by atoms with E-state index in [4.69, 9.17) is 12.2 Å². The summed E-state index contributed by atoms with van der Waals surface area (Å²) >= 11 is 5.58. The summed E-state index contributed by atoms with van der Waals surface area (Å²) < 4.78 is 0. The molecule has 0 fully saturated rings. The summed E-state index contributed by atoms with van der Waals surface area (Å²) in [6.45, 7) is 12.2. The molecule has 3 heteroatoms. The number of rotatable bonds is 14. The fourth-order valence-electron chi connectivity index (χ4n) is 3.67. The van der Waals surface area contributed by atoms with Gasteiger partial charge in [0, 0.05) is 12.2 Å². The largest absolute Gasteiger partial charge is 0.362 e. The van der Waals surface area contributed by atoms with E-state index in [0.717, 1.165) is 11.7 Å². The van der Waals surface area contributed by atoms with Crippen molar-refractivity contribution in [3.63, 3.8) is 0 Å². The number of hydrogen-bond donors (Lipinski definition) is 2. The third-order valence-corrected chi connectivity index (χ3v) is 5.67. The van der Waals surface area contributed by atoms with E-state index in [0.29, 0.717) is 11.8 Å². The average molecular weight is 405 g/mol. The lowest BCUT2D eigenvalue weighted by atomic mass is 9.93. The molecule has 1 aromatic carbocycles. The molecule has 0 saturated carbocycles. The Kier molecular flexibility index (Phi) is 13.2. The van der Waals surface area contributed by atoms with Gasteiger partial charge in [-0.2, -0.15) is 0 Å². The second-order valence-corrected chi connectivity index (χ2v) is 9.09. The van der Waals surface area contributed by atoms with Gasteiger partial charge in [0.1, 0.15) is 0 Å². The lowest BCUT2D eigenvalue weighted by Gasteiger charge is -2.21. The first-order valence-electron chi connectivity index (χ1n) is 11.6. The minimum absolute atomic E-state index is 0.478. The highest BCUT2D eigenvalue weighted by Gasteiger charge is 2.14. The molecular formula is C25H44N2S. The Bertz CT molecular complexity index is 525. The van der Waals surface area contributed by atoms with E-state index in [-0.39, 0.29) is 0 Å². The van der Waals surface area contributed by atoms with Crippen LogP contribution in [-0.2, 0) is 0 Å². The van der Waals surface area contributed by atoms with Gasteiger partial charge in [-0.25, -0.2) is 0 Å². The predicted octanol–water partition coefficient (Wildman–Crippen LogP) is 8.14. The fraction of sp³-hybridized carbons (Fsp3) is 0.720. The highest BCUT2D eigenvalue weighted by atomic mass is 32.1. The Morgan fingerprint density at radius 1 is 0.786 bits per heavy atom. The Morgan fingerprint density at radius 3 is 1.71 bits per heavy atom. The van der Waals surface area contributed by atoms with Crippen molar-refractivity contribution in [2.45, 2.75) is 111 Å². The average Bonchev–Trinajstić information content (AvgIpc) is 2.65. The lowest BCUT2D eigenvalue weighted by molar-refractivity contribution is 0.555. The molecule has 2 nitrogen and oxygen atoms in total. The van der Waals surface area contributed by atoms with Gasteiger partial charge in [-0.3, -0.25) is 0 Å². The number of nitrogens with one attached hydrogen (secondary N) is 2. The first-order chi connectivity index (χ1) is 13.5. The Morgan fingerprint density at radius 2 is 1.25 bits per heavy atom. The van der Waals surface area contributed by atoms with Gasteiger partial charge in [-0.05, 0) is 41.6 Å². The molecule has 28 heavy (non-hydrogen) atoms. The van der Waals surface area contributed by atoms with Crippen LogP contribution in [0.2, 0.25) is 0 Å². The predicted molar refractivity (Wildman–Crippen MR) is 131 cm³/mol. The molecule has 1 aromatic rings. The molecule has 1 rings (SSSR count). The molecule has 0 aliphatic heterocycles. The molecule has 0 bridgehead atoms. The van der Waals surface area contributed by atoms with Crippen LogP contribution in [0, 0.1) is 0 Å². The number of thiocarbonyl (C=S) groups is 1. The fourth-order valence-corrected chi connectivity index (χ4v) is 3.87. The Balaban J connectivity index is 2.27. The van der Waals surface area contributed by atoms with E-state index in [1.807, 2.05) is 0 Å². The number of unbranched alkanes of at least 4 members (excludes halogenated alkanes) is 9. The van der Waals surface area contributed by atoms with Crippen molar-refractivity contribution in [1.29, 1.82) is 0 Å². The zero-order valence-electron chi connectivity index (χ0n) is 19.1. The SMILES string of the molecule is CCCCCCCCCCCCNC(=S)Nc1c(C(C)C)cccc1C(C)C. The molecule has 0 aromatic heterocycles. The molecule has 160 valence electrons. The monoisotopic (exact) mass is 404 g/mol. The first-order valence-corrected chi connectivity index (χ1v) is 12.1. The van der Waals surface area contributed by atoms with Gasteiger partial charge in [0.05, 0.1) is 0 Å². The van der Waals surface area contributed by atoms with Crippen molar-refractivity contribution in [2.24, 2.45) is 0 Å². The zero-order chi connectivity index (χ0) is 20.8. The van der Waals surface area contributed by atoms with Crippen LogP contribution in [0.5, 0.6) is 0 Å². The second kappa shape index (κ2) is 14.8. The minimum atomic E-state index is 0.478. The van der Waals surface area contributed by atoms with Crippen molar-refractivity contribution in [3.8, 4) is 0 Å². The van der Waals surface area contributed by atoms with Gasteiger partial charge in [-0.15, -0.1) is 0 Å². The van der Waals surface area contributed by atoms with E-state index < -0.39 is 0 Å². The van der Waals surface area contributed by atoms with Crippen LogP contribution in [-0.4, -0.2) is 11.7 Å². The molecule has 0 unspecified atom stereocenters. The third-order valence-electron chi connectivity index (χ3n) is 5.43. The highest BCUT2D eigenvalue weighted by Crippen LogP contribution is 2.32. The van der Waals surface area contributed by atoms with Crippen LogP contribution in [0.4, 0.5) is 5.69 Å². The molecule has 0 atom stereocenters. The molecule has 0 heterocycles. The quantitative estimate of drug-likeness (QED) is 0.242. The summed E-state index contributed by atoms with van der Waals surface area (Å²) in [7, 11) is 0. The molecule has 0 amide bonds. The van der Waals surface area contributed by atoms with Gasteiger partial charge < -0.3 is 10.6 Å². The van der Waals surface area contributed by atoms with Crippen LogP contribution >= 0.6 is 12.2 Å². The molecular weight excluding hydrogens is 360 g/mol. The summed E-state index contributed by atoms with van der Waals surface area (Å²) in [4.78, 5) is 0. The minimum Gasteiger partial charge on any atom is -0.362 e. The lowest BCUT2D eigenvalue weighted by Crippen LogP contribution is -2.30. The molecule has 0 aliphatic carbocycles. The topological polar surface area (TPSA) is 24.1 Å². The summed E-state index contributed by atoms with van der Waals surface area (Å²) in [5, 5.41) is 7.66. The maximum atomic E-state index is 5.58. The number of para-hydroxylation sites is 1. The number of benzene rings is 1. The van der Waals surface area contributed by atoms with E-state index in [9.17, 15) is 0 Å². The van der Waals surface area contributed by atoms with Crippen molar-refractivity contribution in [3.05, 3.63) is 29.3 Å². The van der Waals surface area contributed by atoms with Crippen LogP contribution in [0.3, 0.4) is 0 Å². The van der Waals surface area contributed by atoms with Crippen molar-refractivity contribution < 1.29 is 0 Å². The number of hydrogen-bond acceptors (Lipinski definition) is 1. The van der Waals surface area contributed by atoms with Gasteiger partial charge in [-0.1, -0.05) is 111 Å². The van der Waals surface area contributed by atoms with Crippen molar-refractivity contribution in [1.82, 2.24) is 5.32 Å². The van der Waals surface area contributed by atoms with Crippen LogP contribution < -0.4 is 10.6 Å². The van der Waals surface area contributed by atoms with Crippen molar-refractivity contribution in [2.75, 3.05) is 11.9 Å². The van der Waals surface area contributed by atoms with E-state index in [1.165, 1.54) is 81.0 Å². The molecule has 0 spiro atoms. The zero-order valence-corrected chi connectivity index (χ0v) is 19.9. The van der Waals surface area contributed by atoms with Crippen LogP contribution in [0.15, 0.2) is 18.2 Å². The van der Waals surface area contributed by atoms with E-state index >= 15 is 0 Å². The highest BCUT2D eigenvalue weighted by molar-refractivity contribution is 7.80. The van der Waals surface area contributed by atoms with Crippen LogP contribution in [0.1, 0.15) is 122 Å². The van der Waals surface area contributed by atoms with Crippen LogP contribution in [0.25, 0.3) is 0 Å². The summed E-state index contributed by atoms with van der Waals surface area (Å²) in [6.07, 6.45) is 13.6. The molecule has 0 aliphatic rings. The first kappa shape index (κ1) is 24.9. The Labute approximate surface area is 180 Å². The molecule has 2 N–H and O–H groups in total. The van der Waals surface area contributed by atoms with Gasteiger partial charge in [0.2, 0.25) is 0 Å². The molecule has 0 saturated heterocycles. The van der Waals surface area contributed by atoms with Gasteiger partial charge in [0.25, 0.3) is 0 Å². The summed E-state index contributed by atoms with van der Waals surface area (Å²) in [5.41, 5.74) is 3.89. The van der Waals surface area contributed by atoms with E-state index in [2.05, 4.69) is 63.5 Å². The second-order valence-electron chi connectivity index (χ2n) is 8.68. The number of anilines is 1. The summed E-state index contributed by atoms with van der Waals surface area (Å²) in [5.74, 6) is 0.956. The maximum absolute atomic E-state index is 5.58. The third kappa shape index (κ3) is 9.91. The van der Waals surface area contributed by atoms with E-state index in [1.54, 1.807) is 0 Å². The standard InChI is InChI=1S/C25H44N2S/c1-6-7-8-9-10-11-12-13-14-15-19-26-25(28)27-24-22(20(2)3)17-16-18-23(24)21(4)5/h16-18,20-21H,6-15,19H2,1-5H3,(H2,26,27,28). The van der Waals surface area contributed by atoms with Gasteiger partial charge >= 0.3 is 0 Å². The smallest absolute Gasteiger partial charge is 0.170 e.